The van der Waals surface area contributed by atoms with Gasteiger partial charge in [-0.05, 0) is 174 Å². The predicted octanol–water partition coefficient (Wildman–Crippen LogP) is 13.2. The van der Waals surface area contributed by atoms with Crippen molar-refractivity contribution in [2.45, 2.75) is 195 Å². The van der Waals surface area contributed by atoms with E-state index in [0.29, 0.717) is 24.3 Å². The fourth-order valence-corrected chi connectivity index (χ4v) is 14.0. The average molecular weight is 950 g/mol. The van der Waals surface area contributed by atoms with Crippen LogP contribution in [0.5, 0.6) is 0 Å². The van der Waals surface area contributed by atoms with Gasteiger partial charge in [0.1, 0.15) is 23.9 Å². The summed E-state index contributed by atoms with van der Waals surface area (Å²) in [6, 6.07) is 15.2. The fraction of sp³-hybridized carbons (Fsp3) is 0.695. The van der Waals surface area contributed by atoms with Crippen molar-refractivity contribution in [2.75, 3.05) is 19.7 Å². The molecule has 0 radical (unpaired) electrons. The molecular weight excluding hydrogens is 863 g/mol. The third kappa shape index (κ3) is 12.2. The summed E-state index contributed by atoms with van der Waals surface area (Å²) in [6.45, 7) is 24.3. The summed E-state index contributed by atoms with van der Waals surface area (Å²) < 4.78 is 17.4. The molecule has 2 N–H and O–H groups in total. The SMILES string of the molecule is CC(C)CCC[C@@H](C)C1CC[C@H]2[C@@H]3CC=C4C[C@@H](N(CCCNC(=O)[C@H](CCC(=O)OC(C)(C)C)NC(=O)OCC5c6ccccc6-c6ccccc65)C(=O)OC(C)(C)C)CCC4(C)C3CCC12C. The number of alkyl carbamates (subject to hydrolysis) is 1. The Balaban J connectivity index is 0.974. The Morgan fingerprint density at radius 1 is 0.783 bits per heavy atom. The number of nitrogens with one attached hydrogen (secondary N) is 2. The summed E-state index contributed by atoms with van der Waals surface area (Å²) in [5.41, 5.74) is 5.17. The summed E-state index contributed by atoms with van der Waals surface area (Å²) in [6.07, 6.45) is 15.4. The molecule has 0 spiro atoms. The number of carbonyl (C=O) groups excluding carboxylic acids is 4. The minimum absolute atomic E-state index is 0.000329. The molecule has 69 heavy (non-hydrogen) atoms. The van der Waals surface area contributed by atoms with Gasteiger partial charge in [0.15, 0.2) is 0 Å². The van der Waals surface area contributed by atoms with Crippen molar-refractivity contribution in [1.29, 1.82) is 0 Å². The van der Waals surface area contributed by atoms with E-state index in [-0.39, 0.29) is 49.5 Å². The molecule has 5 aliphatic rings. The highest BCUT2D eigenvalue weighted by atomic mass is 16.6. The predicted molar refractivity (Wildman–Crippen MR) is 274 cm³/mol. The number of ether oxygens (including phenoxy) is 3. The Morgan fingerprint density at radius 2 is 1.45 bits per heavy atom. The van der Waals surface area contributed by atoms with Gasteiger partial charge < -0.3 is 29.7 Å². The molecule has 7 rings (SSSR count). The van der Waals surface area contributed by atoms with Crippen LogP contribution in [-0.2, 0) is 23.8 Å². The van der Waals surface area contributed by atoms with Crippen LogP contribution < -0.4 is 10.6 Å². The maximum Gasteiger partial charge on any atom is 0.410 e. The molecule has 9 atom stereocenters. The molecule has 2 aromatic carbocycles. The van der Waals surface area contributed by atoms with Crippen molar-refractivity contribution in [3.63, 3.8) is 0 Å². The Hall–Kier alpha value is -4.34. The molecule has 0 aliphatic heterocycles. The van der Waals surface area contributed by atoms with Gasteiger partial charge in [-0.1, -0.05) is 114 Å². The maximum atomic E-state index is 14.1. The molecule has 0 bridgehead atoms. The summed E-state index contributed by atoms with van der Waals surface area (Å²) in [5, 5.41) is 5.77. The van der Waals surface area contributed by atoms with Gasteiger partial charge in [0, 0.05) is 31.5 Å². The molecule has 10 heteroatoms. The zero-order valence-electron chi connectivity index (χ0n) is 44.2. The van der Waals surface area contributed by atoms with Gasteiger partial charge in [-0.25, -0.2) is 9.59 Å². The van der Waals surface area contributed by atoms with Crippen molar-refractivity contribution in [3.05, 3.63) is 71.3 Å². The number of allylic oxidation sites excluding steroid dienone is 1. The number of hydrogen-bond acceptors (Lipinski definition) is 7. The van der Waals surface area contributed by atoms with Crippen molar-refractivity contribution in [3.8, 4) is 11.1 Å². The zero-order valence-corrected chi connectivity index (χ0v) is 44.2. The van der Waals surface area contributed by atoms with E-state index in [1.807, 2.05) is 49.9 Å². The molecule has 10 nitrogen and oxygen atoms in total. The lowest BCUT2D eigenvalue weighted by atomic mass is 9.46. The first kappa shape index (κ1) is 52.5. The normalized spacial score (nSPS) is 27.1. The number of hydrogen-bond donors (Lipinski definition) is 2. The number of nitrogens with zero attached hydrogens (tertiary/aromatic N) is 1. The lowest BCUT2D eigenvalue weighted by Crippen LogP contribution is -2.53. The second-order valence-corrected chi connectivity index (χ2v) is 24.7. The standard InChI is InChI=1S/C59H87N3O7/c1-38(2)18-16-19-39(3)48-26-27-49-46-25-24-40-36-41(30-32-58(40,10)50(46)31-33-59(48,49)11)62(55(66)69-57(7,8)9)35-17-34-60-53(64)51(28-29-52(63)68-56(4,5)6)61-54(65)67-37-47-44-22-14-12-20-42(44)43-21-13-15-23-45(43)47/h12-15,20-24,38-39,41,46-51H,16-19,25-37H2,1-11H3,(H,60,64)(H,61,65)/t39-,41+,46+,48?,49+,50?,51+,58?,59?/m1/s1. The van der Waals surface area contributed by atoms with E-state index in [1.54, 1.807) is 20.8 Å². The first-order chi connectivity index (χ1) is 32.6. The van der Waals surface area contributed by atoms with E-state index in [4.69, 9.17) is 14.2 Å². The third-order valence-corrected chi connectivity index (χ3v) is 17.2. The van der Waals surface area contributed by atoms with Gasteiger partial charge >= 0.3 is 18.2 Å². The highest BCUT2D eigenvalue weighted by Gasteiger charge is 2.59. The summed E-state index contributed by atoms with van der Waals surface area (Å²) >= 11 is 0. The van der Waals surface area contributed by atoms with Crippen LogP contribution in [0.25, 0.3) is 11.1 Å². The Morgan fingerprint density at radius 3 is 2.10 bits per heavy atom. The van der Waals surface area contributed by atoms with Crippen LogP contribution in [0, 0.1) is 46.3 Å². The molecule has 3 amide bonds. The lowest BCUT2D eigenvalue weighted by molar-refractivity contribution is -0.155. The smallest absolute Gasteiger partial charge is 0.410 e. The van der Waals surface area contributed by atoms with Crippen molar-refractivity contribution >= 4 is 24.1 Å². The minimum atomic E-state index is -1.04. The van der Waals surface area contributed by atoms with Gasteiger partial charge in [0.25, 0.3) is 0 Å². The minimum Gasteiger partial charge on any atom is -0.460 e. The van der Waals surface area contributed by atoms with E-state index in [1.165, 1.54) is 50.5 Å². The fourth-order valence-electron chi connectivity index (χ4n) is 14.0. The molecule has 0 aromatic heterocycles. The molecule has 2 aromatic rings. The molecule has 380 valence electrons. The van der Waals surface area contributed by atoms with Gasteiger partial charge in [0.05, 0.1) is 0 Å². The quantitative estimate of drug-likeness (QED) is 0.0700. The number of amides is 3. The van der Waals surface area contributed by atoms with Crippen LogP contribution in [0.3, 0.4) is 0 Å². The molecule has 3 fully saturated rings. The first-order valence-corrected chi connectivity index (χ1v) is 26.9. The molecule has 5 aliphatic carbocycles. The Bertz CT molecular complexity index is 2120. The van der Waals surface area contributed by atoms with Gasteiger partial charge in [-0.2, -0.15) is 0 Å². The maximum absolute atomic E-state index is 14.1. The summed E-state index contributed by atoms with van der Waals surface area (Å²) in [5.74, 6) is 3.58. The van der Waals surface area contributed by atoms with Gasteiger partial charge in [0.2, 0.25) is 5.91 Å². The topological polar surface area (TPSA) is 123 Å². The number of esters is 1. The van der Waals surface area contributed by atoms with Crippen molar-refractivity contribution in [1.82, 2.24) is 15.5 Å². The summed E-state index contributed by atoms with van der Waals surface area (Å²) in [4.78, 5) is 56.1. The lowest BCUT2D eigenvalue weighted by Gasteiger charge is -2.59. The van der Waals surface area contributed by atoms with E-state index >= 15 is 0 Å². The van der Waals surface area contributed by atoms with Crippen LogP contribution >= 0.6 is 0 Å². The summed E-state index contributed by atoms with van der Waals surface area (Å²) in [7, 11) is 0. The molecule has 3 saturated carbocycles. The number of rotatable bonds is 17. The van der Waals surface area contributed by atoms with E-state index < -0.39 is 35.2 Å². The second-order valence-electron chi connectivity index (χ2n) is 24.7. The van der Waals surface area contributed by atoms with Crippen LogP contribution in [0.4, 0.5) is 9.59 Å². The van der Waals surface area contributed by atoms with Crippen molar-refractivity contribution < 1.29 is 33.4 Å². The molecule has 0 heterocycles. The second kappa shape index (κ2) is 21.6. The average Bonchev–Trinajstić information content (AvgIpc) is 3.80. The van der Waals surface area contributed by atoms with Gasteiger partial charge in [-0.15, -0.1) is 0 Å². The van der Waals surface area contributed by atoms with E-state index in [2.05, 4.69) is 75.6 Å². The molecule has 0 saturated heterocycles. The van der Waals surface area contributed by atoms with E-state index in [9.17, 15) is 19.2 Å². The first-order valence-electron chi connectivity index (χ1n) is 26.9. The monoisotopic (exact) mass is 950 g/mol. The number of fused-ring (bicyclic) bond motifs is 8. The molecular formula is C59H87N3O7. The van der Waals surface area contributed by atoms with Crippen molar-refractivity contribution in [2.24, 2.45) is 46.3 Å². The van der Waals surface area contributed by atoms with E-state index in [0.717, 1.165) is 77.5 Å². The molecule has 4 unspecified atom stereocenters. The highest BCUT2D eigenvalue weighted by molar-refractivity contribution is 5.86. The van der Waals surface area contributed by atoms with Crippen LogP contribution in [0.2, 0.25) is 0 Å². The number of benzene rings is 2. The van der Waals surface area contributed by atoms with Crippen LogP contribution in [0.1, 0.15) is 183 Å². The third-order valence-electron chi connectivity index (χ3n) is 17.2. The highest BCUT2D eigenvalue weighted by Crippen LogP contribution is 2.67. The Labute approximate surface area is 415 Å². The van der Waals surface area contributed by atoms with Gasteiger partial charge in [-0.3, -0.25) is 9.59 Å². The zero-order chi connectivity index (χ0) is 49.9. The Kier molecular flexibility index (Phi) is 16.4. The number of carbonyl (C=O) groups is 4. The van der Waals surface area contributed by atoms with Crippen LogP contribution in [0.15, 0.2) is 60.2 Å². The van der Waals surface area contributed by atoms with Crippen LogP contribution in [-0.4, -0.2) is 71.9 Å². The largest absolute Gasteiger partial charge is 0.460 e.